The number of carbonyl (C=O) groups excluding carboxylic acids is 1. The third-order valence-corrected chi connectivity index (χ3v) is 9.35. The number of thioether (sulfide) groups is 1. The first-order valence-electron chi connectivity index (χ1n) is 14.4. The van der Waals surface area contributed by atoms with Crippen molar-refractivity contribution >= 4 is 46.9 Å². The molecule has 0 radical (unpaired) electrons. The van der Waals surface area contributed by atoms with Crippen LogP contribution in [0.3, 0.4) is 0 Å². The van der Waals surface area contributed by atoms with Gasteiger partial charge in [0, 0.05) is 27.1 Å². The number of ether oxygens (including phenoxy) is 2. The molecule has 0 amide bonds. The maximum absolute atomic E-state index is 13.7. The number of nitrogens with one attached hydrogen (secondary N) is 1. The molecule has 222 valence electrons. The van der Waals surface area contributed by atoms with Crippen LogP contribution in [0.4, 0.5) is 5.95 Å². The van der Waals surface area contributed by atoms with Gasteiger partial charge in [-0.2, -0.15) is 4.98 Å². The minimum absolute atomic E-state index is 0.0660. The Hall–Kier alpha value is -3.46. The van der Waals surface area contributed by atoms with Crippen LogP contribution in [-0.4, -0.2) is 26.8 Å². The second kappa shape index (κ2) is 13.5. The van der Waals surface area contributed by atoms with E-state index in [0.29, 0.717) is 38.2 Å². The second-order valence-corrected chi connectivity index (χ2v) is 12.5. The maximum atomic E-state index is 13.7. The molecule has 1 aliphatic carbocycles. The summed E-state index contributed by atoms with van der Waals surface area (Å²) in [5.74, 6) is 1.65. The predicted octanol–water partition coefficient (Wildman–Crippen LogP) is 8.62. The summed E-state index contributed by atoms with van der Waals surface area (Å²) in [6.07, 6.45) is 5.06. The number of carbonyl (C=O) groups is 1. The number of anilines is 1. The van der Waals surface area contributed by atoms with Crippen LogP contribution in [0.1, 0.15) is 61.8 Å². The highest BCUT2D eigenvalue weighted by Crippen LogP contribution is 2.38. The second-order valence-electron chi connectivity index (χ2n) is 10.7. The van der Waals surface area contributed by atoms with Gasteiger partial charge >= 0.3 is 5.97 Å². The molecule has 2 aliphatic rings. The lowest BCUT2D eigenvalue weighted by Crippen LogP contribution is -2.32. The van der Waals surface area contributed by atoms with Crippen LogP contribution in [-0.2, 0) is 21.9 Å². The molecule has 1 aromatic heterocycles. The molecule has 1 N–H and O–H groups in total. The van der Waals surface area contributed by atoms with Crippen molar-refractivity contribution in [2.45, 2.75) is 68.7 Å². The zero-order valence-electron chi connectivity index (χ0n) is 23.8. The molecule has 3 aromatic carbocycles. The van der Waals surface area contributed by atoms with Crippen LogP contribution < -0.4 is 10.1 Å². The molecular weight excluding hydrogens is 603 g/mol. The molecule has 7 nitrogen and oxygen atoms in total. The molecule has 0 bridgehead atoms. The van der Waals surface area contributed by atoms with Crippen LogP contribution in [0.2, 0.25) is 10.0 Å². The number of benzene rings is 3. The molecule has 0 saturated heterocycles. The smallest absolute Gasteiger partial charge is 0.338 e. The highest BCUT2D eigenvalue weighted by atomic mass is 35.5. The summed E-state index contributed by atoms with van der Waals surface area (Å²) in [7, 11) is 0. The standard InChI is InChI=1S/C33H32Cl2N4O3S/c1-21-29(31(40)42-25-11-6-3-7-12-25)30(39-32(36-21)37-33(38-39)43-20-22-9-4-2-5-10-22)23-15-17-24(18-16-23)41-19-26-27(34)13-8-14-28(26)35/h2,4-5,8-10,13-18,25,30H,3,6-7,11-12,19-20H2,1H3,(H,36,37,38). The third kappa shape index (κ3) is 6.87. The Bertz CT molecular complexity index is 1600. The van der Waals surface area contributed by atoms with E-state index in [9.17, 15) is 4.79 Å². The normalized spacial score (nSPS) is 16.9. The van der Waals surface area contributed by atoms with Crippen molar-refractivity contribution in [2.75, 3.05) is 5.32 Å². The summed E-state index contributed by atoms with van der Waals surface area (Å²) in [5.41, 5.74) is 4.01. The SMILES string of the molecule is CC1=C(C(=O)OC2CCCCC2)C(c2ccc(OCc3c(Cl)cccc3Cl)cc2)n2nc(SCc3ccccc3)nc2N1. The minimum atomic E-state index is -0.516. The number of nitrogens with zero attached hydrogens (tertiary/aromatic N) is 3. The van der Waals surface area contributed by atoms with Crippen molar-refractivity contribution in [1.29, 1.82) is 0 Å². The molecule has 43 heavy (non-hydrogen) atoms. The highest BCUT2D eigenvalue weighted by Gasteiger charge is 2.36. The van der Waals surface area contributed by atoms with Crippen LogP contribution in [0.25, 0.3) is 0 Å². The van der Waals surface area contributed by atoms with Crippen molar-refractivity contribution in [3.05, 3.63) is 111 Å². The molecule has 1 aliphatic heterocycles. The van der Waals surface area contributed by atoms with Crippen LogP contribution in [0.15, 0.2) is 89.2 Å². The monoisotopic (exact) mass is 634 g/mol. The number of fused-ring (bicyclic) bond motifs is 1. The Kier molecular flexibility index (Phi) is 9.26. The predicted molar refractivity (Wildman–Crippen MR) is 171 cm³/mol. The molecule has 0 spiro atoms. The first kappa shape index (κ1) is 29.6. The summed E-state index contributed by atoms with van der Waals surface area (Å²) in [6, 6.07) is 22.7. The molecular formula is C33H32Cl2N4O3S. The summed E-state index contributed by atoms with van der Waals surface area (Å²) < 4.78 is 13.9. The Morgan fingerprint density at radius 1 is 0.977 bits per heavy atom. The number of rotatable bonds is 9. The van der Waals surface area contributed by atoms with Gasteiger partial charge in [-0.3, -0.25) is 0 Å². The molecule has 4 aromatic rings. The number of esters is 1. The summed E-state index contributed by atoms with van der Waals surface area (Å²) in [6.45, 7) is 2.13. The number of hydrogen-bond donors (Lipinski definition) is 1. The van der Waals surface area contributed by atoms with Gasteiger partial charge in [0.25, 0.3) is 0 Å². The van der Waals surface area contributed by atoms with Crippen LogP contribution in [0.5, 0.6) is 5.75 Å². The lowest BCUT2D eigenvalue weighted by Gasteiger charge is -2.30. The minimum Gasteiger partial charge on any atom is -0.489 e. The molecule has 10 heteroatoms. The van der Waals surface area contributed by atoms with Gasteiger partial charge in [0.2, 0.25) is 11.1 Å². The van der Waals surface area contributed by atoms with E-state index in [1.165, 1.54) is 12.0 Å². The fraction of sp³-hybridized carbons (Fsp3) is 0.303. The van der Waals surface area contributed by atoms with Crippen LogP contribution in [0, 0.1) is 0 Å². The quantitative estimate of drug-likeness (QED) is 0.146. The first-order chi connectivity index (χ1) is 21.0. The average molecular weight is 636 g/mol. The van der Waals surface area contributed by atoms with E-state index in [1.54, 1.807) is 34.6 Å². The molecule has 1 atom stereocenters. The summed E-state index contributed by atoms with van der Waals surface area (Å²) >= 11 is 14.2. The van der Waals surface area contributed by atoms with Crippen molar-refractivity contribution in [3.8, 4) is 5.75 Å². The van der Waals surface area contributed by atoms with Gasteiger partial charge in [-0.25, -0.2) is 9.48 Å². The number of hydrogen-bond acceptors (Lipinski definition) is 7. The average Bonchev–Trinajstić information content (AvgIpc) is 3.43. The van der Waals surface area contributed by atoms with Gasteiger partial charge in [0.1, 0.15) is 24.5 Å². The maximum Gasteiger partial charge on any atom is 0.338 e. The van der Waals surface area contributed by atoms with Crippen molar-refractivity contribution in [1.82, 2.24) is 14.8 Å². The zero-order valence-corrected chi connectivity index (χ0v) is 26.1. The highest BCUT2D eigenvalue weighted by molar-refractivity contribution is 7.98. The molecule has 1 unspecified atom stereocenters. The first-order valence-corrected chi connectivity index (χ1v) is 16.2. The fourth-order valence-corrected chi connectivity index (χ4v) is 6.75. The van der Waals surface area contributed by atoms with Crippen molar-refractivity contribution < 1.29 is 14.3 Å². The van der Waals surface area contributed by atoms with E-state index in [4.69, 9.17) is 42.8 Å². The van der Waals surface area contributed by atoms with Crippen LogP contribution >= 0.6 is 35.0 Å². The molecule has 6 rings (SSSR count). The van der Waals surface area contributed by atoms with Gasteiger partial charge in [-0.15, -0.1) is 5.10 Å². The molecule has 2 heterocycles. The third-order valence-electron chi connectivity index (χ3n) is 7.73. The Morgan fingerprint density at radius 3 is 2.42 bits per heavy atom. The lowest BCUT2D eigenvalue weighted by molar-refractivity contribution is -0.146. The molecule has 1 saturated carbocycles. The lowest BCUT2D eigenvalue weighted by atomic mass is 9.95. The Labute approximate surface area is 265 Å². The summed E-state index contributed by atoms with van der Waals surface area (Å²) in [4.78, 5) is 18.5. The fourth-order valence-electron chi connectivity index (χ4n) is 5.46. The molecule has 1 fully saturated rings. The van der Waals surface area contributed by atoms with Crippen molar-refractivity contribution in [3.63, 3.8) is 0 Å². The number of allylic oxidation sites excluding steroid dienone is 1. The van der Waals surface area contributed by atoms with Gasteiger partial charge in [-0.1, -0.05) is 89.9 Å². The summed E-state index contributed by atoms with van der Waals surface area (Å²) in [5, 5.41) is 9.91. The van der Waals surface area contributed by atoms with Gasteiger partial charge in [-0.05, 0) is 68.0 Å². The van der Waals surface area contributed by atoms with Gasteiger partial charge in [0.15, 0.2) is 0 Å². The Morgan fingerprint density at radius 2 is 1.70 bits per heavy atom. The van der Waals surface area contributed by atoms with E-state index < -0.39 is 6.04 Å². The topological polar surface area (TPSA) is 78.3 Å². The van der Waals surface area contributed by atoms with Gasteiger partial charge in [0.05, 0.1) is 5.57 Å². The number of halogens is 2. The van der Waals surface area contributed by atoms with E-state index in [0.717, 1.165) is 42.6 Å². The van der Waals surface area contributed by atoms with E-state index in [1.807, 2.05) is 49.4 Å². The van der Waals surface area contributed by atoms with E-state index in [2.05, 4.69) is 17.4 Å². The largest absolute Gasteiger partial charge is 0.489 e. The Balaban J connectivity index is 1.27. The van der Waals surface area contributed by atoms with E-state index in [-0.39, 0.29) is 18.7 Å². The number of aromatic nitrogens is 3. The van der Waals surface area contributed by atoms with E-state index >= 15 is 0 Å². The zero-order chi connectivity index (χ0) is 29.8. The van der Waals surface area contributed by atoms with Gasteiger partial charge < -0.3 is 14.8 Å². The van der Waals surface area contributed by atoms with Crippen molar-refractivity contribution in [2.24, 2.45) is 0 Å².